The maximum atomic E-state index is 12.5. The molecule has 0 spiro atoms. The second kappa shape index (κ2) is 7.68. The molecule has 3 amide bonds. The van der Waals surface area contributed by atoms with E-state index in [0.29, 0.717) is 16.4 Å². The molecule has 5 nitrogen and oxygen atoms in total. The maximum absolute atomic E-state index is 12.5. The first-order valence-corrected chi connectivity index (χ1v) is 9.47. The van der Waals surface area contributed by atoms with E-state index in [1.807, 2.05) is 24.3 Å². The van der Waals surface area contributed by atoms with Gasteiger partial charge in [-0.3, -0.25) is 4.79 Å². The van der Waals surface area contributed by atoms with Crippen LogP contribution in [0.4, 0.5) is 16.2 Å². The van der Waals surface area contributed by atoms with Crippen LogP contribution in [0.2, 0.25) is 5.02 Å². The number of nitrogens with one attached hydrogen (secondary N) is 3. The Morgan fingerprint density at radius 1 is 1.12 bits per heavy atom. The molecule has 136 valence electrons. The van der Waals surface area contributed by atoms with Gasteiger partial charge >= 0.3 is 6.03 Å². The lowest BCUT2D eigenvalue weighted by atomic mass is 9.72. The molecule has 0 aliphatic heterocycles. The normalized spacial score (nSPS) is 14.9. The summed E-state index contributed by atoms with van der Waals surface area (Å²) < 4.78 is 0.986. The van der Waals surface area contributed by atoms with E-state index in [9.17, 15) is 9.59 Å². The van der Waals surface area contributed by atoms with E-state index in [-0.39, 0.29) is 17.5 Å². The zero-order valence-corrected chi connectivity index (χ0v) is 16.6. The third-order valence-electron chi connectivity index (χ3n) is 4.47. The van der Waals surface area contributed by atoms with E-state index in [1.54, 1.807) is 18.2 Å². The number of hydrogen-bond acceptors (Lipinski definition) is 2. The van der Waals surface area contributed by atoms with Crippen LogP contribution in [0, 0.1) is 0 Å². The van der Waals surface area contributed by atoms with E-state index < -0.39 is 0 Å². The average Bonchev–Trinajstić information content (AvgIpc) is 2.53. The summed E-state index contributed by atoms with van der Waals surface area (Å²) in [6.07, 6.45) is 2.86. The highest BCUT2D eigenvalue weighted by molar-refractivity contribution is 9.10. The summed E-state index contributed by atoms with van der Waals surface area (Å²) in [7, 11) is 0. The van der Waals surface area contributed by atoms with Gasteiger partial charge in [-0.2, -0.15) is 0 Å². The SMILES string of the molecule is CC(=O)Nc1ccc(NC(=O)NC2(c3cccc(Br)c3)CCC2)c(Cl)c1. The molecule has 2 aromatic carbocycles. The number of urea groups is 1. The second-order valence-electron chi connectivity index (χ2n) is 6.40. The summed E-state index contributed by atoms with van der Waals surface area (Å²) in [4.78, 5) is 23.6. The lowest BCUT2D eigenvalue weighted by Gasteiger charge is -2.43. The molecule has 0 saturated heterocycles. The molecular formula is C19H19BrClN3O2. The summed E-state index contributed by atoms with van der Waals surface area (Å²) in [5, 5.41) is 8.90. The van der Waals surface area contributed by atoms with E-state index in [4.69, 9.17) is 11.6 Å². The van der Waals surface area contributed by atoms with Crippen molar-refractivity contribution in [3.05, 3.63) is 57.5 Å². The summed E-state index contributed by atoms with van der Waals surface area (Å²) in [6.45, 7) is 1.42. The number of carbonyl (C=O) groups is 2. The largest absolute Gasteiger partial charge is 0.328 e. The van der Waals surface area contributed by atoms with Gasteiger partial charge in [0, 0.05) is 17.1 Å². The zero-order valence-electron chi connectivity index (χ0n) is 14.2. The Labute approximate surface area is 165 Å². The molecule has 1 fully saturated rings. The van der Waals surface area contributed by atoms with Gasteiger partial charge in [0.25, 0.3) is 0 Å². The molecular weight excluding hydrogens is 418 g/mol. The molecule has 0 bridgehead atoms. The Morgan fingerprint density at radius 2 is 1.88 bits per heavy atom. The van der Waals surface area contributed by atoms with E-state index in [1.165, 1.54) is 6.92 Å². The van der Waals surface area contributed by atoms with Crippen LogP contribution in [0.15, 0.2) is 46.9 Å². The fourth-order valence-electron chi connectivity index (χ4n) is 3.07. The van der Waals surface area contributed by atoms with Crippen molar-refractivity contribution in [1.82, 2.24) is 5.32 Å². The molecule has 7 heteroatoms. The van der Waals surface area contributed by atoms with Gasteiger partial charge in [0.1, 0.15) is 0 Å². The van der Waals surface area contributed by atoms with Crippen LogP contribution in [0.3, 0.4) is 0 Å². The van der Waals surface area contributed by atoms with Crippen molar-refractivity contribution in [2.24, 2.45) is 0 Å². The van der Waals surface area contributed by atoms with Crippen LogP contribution in [-0.4, -0.2) is 11.9 Å². The summed E-state index contributed by atoms with van der Waals surface area (Å²) >= 11 is 9.70. The molecule has 1 saturated carbocycles. The zero-order chi connectivity index (χ0) is 18.7. The van der Waals surface area contributed by atoms with Crippen molar-refractivity contribution in [2.75, 3.05) is 10.6 Å². The fourth-order valence-corrected chi connectivity index (χ4v) is 3.70. The highest BCUT2D eigenvalue weighted by atomic mass is 79.9. The molecule has 2 aromatic rings. The van der Waals surface area contributed by atoms with Crippen molar-refractivity contribution >= 4 is 50.8 Å². The van der Waals surface area contributed by atoms with Crippen LogP contribution < -0.4 is 16.0 Å². The minimum absolute atomic E-state index is 0.180. The molecule has 0 atom stereocenters. The smallest absolute Gasteiger partial charge is 0.319 e. The number of rotatable bonds is 4. The van der Waals surface area contributed by atoms with Crippen LogP contribution in [0.25, 0.3) is 0 Å². The van der Waals surface area contributed by atoms with Crippen LogP contribution in [-0.2, 0) is 10.3 Å². The van der Waals surface area contributed by atoms with Crippen molar-refractivity contribution in [3.8, 4) is 0 Å². The molecule has 0 aromatic heterocycles. The Hall–Kier alpha value is -2.05. The van der Waals surface area contributed by atoms with Crippen LogP contribution >= 0.6 is 27.5 Å². The molecule has 3 N–H and O–H groups in total. The molecule has 3 rings (SSSR count). The van der Waals surface area contributed by atoms with Gasteiger partial charge in [0.2, 0.25) is 5.91 Å². The maximum Gasteiger partial charge on any atom is 0.319 e. The van der Waals surface area contributed by atoms with E-state index in [0.717, 1.165) is 29.3 Å². The van der Waals surface area contributed by atoms with Crippen molar-refractivity contribution in [3.63, 3.8) is 0 Å². The molecule has 0 heterocycles. The number of anilines is 2. The Kier molecular flexibility index (Phi) is 5.53. The standard InChI is InChI=1S/C19H19BrClN3O2/c1-12(25)22-15-6-7-17(16(21)11-15)23-18(26)24-19(8-3-9-19)13-4-2-5-14(20)10-13/h2,4-7,10-11H,3,8-9H2,1H3,(H,22,25)(H2,23,24,26). The van der Waals surface area contributed by atoms with Gasteiger partial charge in [0.15, 0.2) is 0 Å². The van der Waals surface area contributed by atoms with E-state index in [2.05, 4.69) is 31.9 Å². The Balaban J connectivity index is 1.71. The monoisotopic (exact) mass is 435 g/mol. The number of carbonyl (C=O) groups excluding carboxylic acids is 2. The lowest BCUT2D eigenvalue weighted by Crippen LogP contribution is -2.52. The van der Waals surface area contributed by atoms with Gasteiger partial charge in [-0.1, -0.05) is 39.7 Å². The first-order chi connectivity index (χ1) is 12.4. The number of hydrogen-bond donors (Lipinski definition) is 3. The number of amides is 3. The van der Waals surface area contributed by atoms with Gasteiger partial charge in [-0.25, -0.2) is 4.79 Å². The first kappa shape index (κ1) is 18.7. The number of halogens is 2. The second-order valence-corrected chi connectivity index (χ2v) is 7.72. The predicted octanol–water partition coefficient (Wildman–Crippen LogP) is 5.26. The fraction of sp³-hybridized carbons (Fsp3) is 0.263. The third-order valence-corrected chi connectivity index (χ3v) is 5.28. The molecule has 1 aliphatic carbocycles. The van der Waals surface area contributed by atoms with Gasteiger partial charge in [-0.05, 0) is 55.2 Å². The number of benzene rings is 2. The van der Waals surface area contributed by atoms with Gasteiger partial charge in [0.05, 0.1) is 16.2 Å². The van der Waals surface area contributed by atoms with Crippen molar-refractivity contribution in [1.29, 1.82) is 0 Å². The topological polar surface area (TPSA) is 70.2 Å². The molecule has 1 aliphatic rings. The predicted molar refractivity (Wildman–Crippen MR) is 108 cm³/mol. The molecule has 0 radical (unpaired) electrons. The van der Waals surface area contributed by atoms with Crippen molar-refractivity contribution < 1.29 is 9.59 Å². The Morgan fingerprint density at radius 3 is 2.46 bits per heavy atom. The third kappa shape index (κ3) is 4.19. The minimum atomic E-state index is -0.351. The highest BCUT2D eigenvalue weighted by Crippen LogP contribution is 2.42. The molecule has 0 unspecified atom stereocenters. The highest BCUT2D eigenvalue weighted by Gasteiger charge is 2.40. The van der Waals surface area contributed by atoms with E-state index >= 15 is 0 Å². The minimum Gasteiger partial charge on any atom is -0.328 e. The van der Waals surface area contributed by atoms with Gasteiger partial charge < -0.3 is 16.0 Å². The lowest BCUT2D eigenvalue weighted by molar-refractivity contribution is -0.114. The van der Waals surface area contributed by atoms with Gasteiger partial charge in [-0.15, -0.1) is 0 Å². The summed E-state index contributed by atoms with van der Waals surface area (Å²) in [5.41, 5.74) is 1.80. The first-order valence-electron chi connectivity index (χ1n) is 8.30. The Bertz CT molecular complexity index is 852. The molecule has 26 heavy (non-hydrogen) atoms. The van der Waals surface area contributed by atoms with Crippen molar-refractivity contribution in [2.45, 2.75) is 31.7 Å². The summed E-state index contributed by atoms with van der Waals surface area (Å²) in [5.74, 6) is -0.180. The van der Waals surface area contributed by atoms with Crippen LogP contribution in [0.1, 0.15) is 31.7 Å². The average molecular weight is 437 g/mol. The van der Waals surface area contributed by atoms with Crippen LogP contribution in [0.5, 0.6) is 0 Å². The quantitative estimate of drug-likeness (QED) is 0.611. The summed E-state index contributed by atoms with van der Waals surface area (Å²) in [6, 6.07) is 12.7.